The number of anilines is 3. The first-order chi connectivity index (χ1) is 12.9. The number of carbonyl (C=O) groups excluding carboxylic acids is 2. The van der Waals surface area contributed by atoms with Gasteiger partial charge in [-0.3, -0.25) is 4.79 Å². The highest BCUT2D eigenvalue weighted by Gasteiger charge is 2.23. The number of benzene rings is 2. The molecule has 3 amide bonds. The second kappa shape index (κ2) is 8.43. The maximum atomic E-state index is 12.4. The Morgan fingerprint density at radius 2 is 1.70 bits per heavy atom. The Bertz CT molecular complexity index is 834. The number of hydrogen-bond donors (Lipinski definition) is 4. The Hall–Kier alpha value is -2.54. The van der Waals surface area contributed by atoms with Gasteiger partial charge in [-0.1, -0.05) is 6.07 Å². The Labute approximate surface area is 167 Å². The van der Waals surface area contributed by atoms with E-state index in [0.29, 0.717) is 11.7 Å². The molecule has 0 bridgehead atoms. The molecule has 4 N–H and O–H groups in total. The predicted octanol–water partition coefficient (Wildman–Crippen LogP) is 4.48. The highest BCUT2D eigenvalue weighted by molar-refractivity contribution is 9.10. The van der Waals surface area contributed by atoms with Crippen LogP contribution in [0.25, 0.3) is 0 Å². The first kappa shape index (κ1) is 19.2. The molecule has 1 aliphatic rings. The fourth-order valence-electron chi connectivity index (χ4n) is 2.51. The van der Waals surface area contributed by atoms with Crippen molar-refractivity contribution in [1.29, 1.82) is 0 Å². The van der Waals surface area contributed by atoms with Crippen molar-refractivity contribution in [2.45, 2.75) is 38.8 Å². The summed E-state index contributed by atoms with van der Waals surface area (Å²) in [5.41, 5.74) is 3.36. The van der Waals surface area contributed by atoms with E-state index in [4.69, 9.17) is 0 Å². The van der Waals surface area contributed by atoms with Crippen LogP contribution in [0.1, 0.15) is 25.3 Å². The molecule has 1 fully saturated rings. The van der Waals surface area contributed by atoms with Gasteiger partial charge < -0.3 is 21.3 Å². The lowest BCUT2D eigenvalue weighted by atomic mass is 10.2. The number of amides is 3. The van der Waals surface area contributed by atoms with Crippen LogP contribution in [0.15, 0.2) is 46.9 Å². The minimum Gasteiger partial charge on any atom is -0.374 e. The van der Waals surface area contributed by atoms with E-state index < -0.39 is 6.04 Å². The average molecular weight is 431 g/mol. The van der Waals surface area contributed by atoms with Crippen LogP contribution in [0.5, 0.6) is 0 Å². The summed E-state index contributed by atoms with van der Waals surface area (Å²) in [5.74, 6) is -0.134. The zero-order valence-electron chi connectivity index (χ0n) is 15.3. The first-order valence-electron chi connectivity index (χ1n) is 8.92. The lowest BCUT2D eigenvalue weighted by Crippen LogP contribution is -2.32. The van der Waals surface area contributed by atoms with E-state index >= 15 is 0 Å². The van der Waals surface area contributed by atoms with Gasteiger partial charge in [-0.2, -0.15) is 0 Å². The van der Waals surface area contributed by atoms with Crippen molar-refractivity contribution in [3.05, 3.63) is 52.5 Å². The minimum atomic E-state index is -0.421. The van der Waals surface area contributed by atoms with Crippen LogP contribution in [0.3, 0.4) is 0 Å². The molecule has 1 atom stereocenters. The molecule has 0 aliphatic heterocycles. The Morgan fingerprint density at radius 1 is 1.04 bits per heavy atom. The zero-order valence-corrected chi connectivity index (χ0v) is 16.9. The Kier molecular flexibility index (Phi) is 6.01. The molecule has 1 unspecified atom stereocenters. The lowest BCUT2D eigenvalue weighted by Gasteiger charge is -2.16. The number of halogens is 1. The van der Waals surface area contributed by atoms with Gasteiger partial charge in [0.1, 0.15) is 6.04 Å². The average Bonchev–Trinajstić information content (AvgIpc) is 3.42. The molecule has 0 heterocycles. The third-order valence-corrected chi connectivity index (χ3v) is 4.87. The normalized spacial score (nSPS) is 14.2. The molecule has 0 spiro atoms. The molecular weight excluding hydrogens is 408 g/mol. The fraction of sp³-hybridized carbons (Fsp3) is 0.300. The van der Waals surface area contributed by atoms with E-state index in [2.05, 4.69) is 37.2 Å². The highest BCUT2D eigenvalue weighted by Crippen LogP contribution is 2.24. The number of urea groups is 1. The van der Waals surface area contributed by atoms with Crippen molar-refractivity contribution in [3.63, 3.8) is 0 Å². The van der Waals surface area contributed by atoms with Crippen LogP contribution in [0.4, 0.5) is 21.9 Å². The summed E-state index contributed by atoms with van der Waals surface area (Å²) in [5, 5.41) is 11.7. The van der Waals surface area contributed by atoms with Crippen molar-refractivity contribution in [2.24, 2.45) is 0 Å². The van der Waals surface area contributed by atoms with Gasteiger partial charge in [-0.15, -0.1) is 0 Å². The fourth-order valence-corrected chi connectivity index (χ4v) is 3.10. The van der Waals surface area contributed by atoms with Gasteiger partial charge in [0.2, 0.25) is 5.91 Å². The second-order valence-corrected chi connectivity index (χ2v) is 7.64. The lowest BCUT2D eigenvalue weighted by molar-refractivity contribution is -0.116. The zero-order chi connectivity index (χ0) is 19.4. The van der Waals surface area contributed by atoms with Crippen molar-refractivity contribution >= 4 is 44.9 Å². The van der Waals surface area contributed by atoms with Gasteiger partial charge in [0, 0.05) is 21.9 Å². The molecule has 0 aromatic heterocycles. The molecule has 0 saturated heterocycles. The minimum absolute atomic E-state index is 0.134. The van der Waals surface area contributed by atoms with Gasteiger partial charge in [-0.25, -0.2) is 4.79 Å². The van der Waals surface area contributed by atoms with Crippen molar-refractivity contribution in [3.8, 4) is 0 Å². The number of nitrogens with one attached hydrogen (secondary N) is 4. The summed E-state index contributed by atoms with van der Waals surface area (Å²) in [7, 11) is 0. The number of aryl methyl sites for hydroxylation is 1. The summed E-state index contributed by atoms with van der Waals surface area (Å²) in [6.45, 7) is 3.79. The Balaban J connectivity index is 1.52. The predicted molar refractivity (Wildman–Crippen MR) is 112 cm³/mol. The van der Waals surface area contributed by atoms with Gasteiger partial charge in [-0.05, 0) is 84.6 Å². The van der Waals surface area contributed by atoms with Crippen LogP contribution in [0.2, 0.25) is 0 Å². The van der Waals surface area contributed by atoms with E-state index in [0.717, 1.165) is 34.3 Å². The van der Waals surface area contributed by atoms with Crippen molar-refractivity contribution in [2.75, 3.05) is 16.0 Å². The van der Waals surface area contributed by atoms with Gasteiger partial charge in [0.15, 0.2) is 0 Å². The first-order valence-corrected chi connectivity index (χ1v) is 9.71. The van der Waals surface area contributed by atoms with Crippen molar-refractivity contribution in [1.82, 2.24) is 5.32 Å². The van der Waals surface area contributed by atoms with E-state index in [9.17, 15) is 9.59 Å². The quantitative estimate of drug-likeness (QED) is 0.545. The standard InChI is InChI=1S/C20H23BrN4O2/c1-12-3-10-18(17(21)11-12)25-19(26)13(2)22-14-4-6-15(7-5-14)23-20(27)24-16-8-9-16/h3-7,10-11,13,16,22H,8-9H2,1-2H3,(H,25,26)(H2,23,24,27). The van der Waals surface area contributed by atoms with Gasteiger partial charge in [0.05, 0.1) is 5.69 Å². The highest BCUT2D eigenvalue weighted by atomic mass is 79.9. The smallest absolute Gasteiger partial charge is 0.319 e. The van der Waals surface area contributed by atoms with Crippen LogP contribution < -0.4 is 21.3 Å². The van der Waals surface area contributed by atoms with Crippen LogP contribution in [0, 0.1) is 6.92 Å². The summed E-state index contributed by atoms with van der Waals surface area (Å²) in [4.78, 5) is 24.2. The Morgan fingerprint density at radius 3 is 2.33 bits per heavy atom. The monoisotopic (exact) mass is 430 g/mol. The third-order valence-electron chi connectivity index (χ3n) is 4.21. The van der Waals surface area contributed by atoms with E-state index in [1.807, 2.05) is 37.3 Å². The van der Waals surface area contributed by atoms with E-state index in [-0.39, 0.29) is 11.9 Å². The van der Waals surface area contributed by atoms with E-state index in [1.54, 1.807) is 19.1 Å². The maximum Gasteiger partial charge on any atom is 0.319 e. The van der Waals surface area contributed by atoms with Gasteiger partial charge >= 0.3 is 6.03 Å². The molecule has 0 radical (unpaired) electrons. The molecular formula is C20H23BrN4O2. The molecule has 2 aromatic carbocycles. The summed E-state index contributed by atoms with van der Waals surface area (Å²) >= 11 is 3.46. The molecule has 7 heteroatoms. The summed E-state index contributed by atoms with van der Waals surface area (Å²) in [6, 6.07) is 12.8. The third kappa shape index (κ3) is 5.72. The van der Waals surface area contributed by atoms with Crippen LogP contribution >= 0.6 is 15.9 Å². The molecule has 27 heavy (non-hydrogen) atoms. The molecule has 2 aromatic rings. The molecule has 3 rings (SSSR count). The summed E-state index contributed by atoms with van der Waals surface area (Å²) in [6.07, 6.45) is 2.10. The number of rotatable bonds is 6. The maximum absolute atomic E-state index is 12.4. The van der Waals surface area contributed by atoms with Crippen LogP contribution in [-0.4, -0.2) is 24.0 Å². The van der Waals surface area contributed by atoms with E-state index in [1.165, 1.54) is 0 Å². The topological polar surface area (TPSA) is 82.3 Å². The molecule has 1 saturated carbocycles. The summed E-state index contributed by atoms with van der Waals surface area (Å²) < 4.78 is 0.850. The van der Waals surface area contributed by atoms with Gasteiger partial charge in [0.25, 0.3) is 0 Å². The largest absolute Gasteiger partial charge is 0.374 e. The molecule has 1 aliphatic carbocycles. The SMILES string of the molecule is Cc1ccc(NC(=O)C(C)Nc2ccc(NC(=O)NC3CC3)cc2)c(Br)c1. The second-order valence-electron chi connectivity index (χ2n) is 6.79. The molecule has 6 nitrogen and oxygen atoms in total. The number of hydrogen-bond acceptors (Lipinski definition) is 3. The molecule has 142 valence electrons. The van der Waals surface area contributed by atoms with Crippen LogP contribution in [-0.2, 0) is 4.79 Å². The van der Waals surface area contributed by atoms with Crippen molar-refractivity contribution < 1.29 is 9.59 Å². The number of carbonyl (C=O) groups is 2.